The highest BCUT2D eigenvalue weighted by Crippen LogP contribution is 2.29. The van der Waals surface area contributed by atoms with Crippen LogP contribution >= 0.6 is 0 Å². The van der Waals surface area contributed by atoms with Crippen molar-refractivity contribution in [2.45, 2.75) is 6.42 Å². The Morgan fingerprint density at radius 3 is 2.73 bits per heavy atom. The molecule has 116 valence electrons. The van der Waals surface area contributed by atoms with Crippen molar-refractivity contribution in [3.05, 3.63) is 65.7 Å². The molecule has 22 heavy (non-hydrogen) atoms. The Hall–Kier alpha value is -2.69. The van der Waals surface area contributed by atoms with E-state index in [1.54, 1.807) is 26.7 Å². The molecule has 5 nitrogen and oxygen atoms in total. The zero-order valence-corrected chi connectivity index (χ0v) is 13.0. The number of pyridine rings is 1. The van der Waals surface area contributed by atoms with Gasteiger partial charge >= 0.3 is 0 Å². The molecule has 0 spiro atoms. The van der Waals surface area contributed by atoms with E-state index in [0.717, 1.165) is 17.0 Å². The normalized spacial score (nSPS) is 14.1. The fourth-order valence-corrected chi connectivity index (χ4v) is 2.07. The number of rotatable bonds is 6. The van der Waals surface area contributed by atoms with Gasteiger partial charge in [-0.05, 0) is 30.5 Å². The van der Waals surface area contributed by atoms with E-state index in [9.17, 15) is 0 Å². The van der Waals surface area contributed by atoms with Crippen LogP contribution in [0.4, 0.5) is 0 Å². The second kappa shape index (κ2) is 7.93. The van der Waals surface area contributed by atoms with E-state index in [0.29, 0.717) is 17.9 Å². The molecule has 0 bridgehead atoms. The summed E-state index contributed by atoms with van der Waals surface area (Å²) in [6, 6.07) is 1.84. The van der Waals surface area contributed by atoms with Crippen LogP contribution < -0.4 is 10.1 Å². The van der Waals surface area contributed by atoms with Crippen LogP contribution in [0, 0.1) is 0 Å². The van der Waals surface area contributed by atoms with Crippen molar-refractivity contribution < 1.29 is 14.2 Å². The highest BCUT2D eigenvalue weighted by molar-refractivity contribution is 5.60. The Labute approximate surface area is 130 Å². The molecule has 5 heteroatoms. The smallest absolute Gasteiger partial charge is 0.162 e. The zero-order chi connectivity index (χ0) is 15.8. The van der Waals surface area contributed by atoms with Gasteiger partial charge in [0.15, 0.2) is 11.5 Å². The average molecular weight is 300 g/mol. The lowest BCUT2D eigenvalue weighted by atomic mass is 10.1. The number of ether oxygens (including phenoxy) is 3. The van der Waals surface area contributed by atoms with E-state index >= 15 is 0 Å². The van der Waals surface area contributed by atoms with Crippen molar-refractivity contribution >= 4 is 6.08 Å². The summed E-state index contributed by atoms with van der Waals surface area (Å²) in [6.45, 7) is 0. The Balaban J connectivity index is 2.28. The molecular weight excluding hydrogens is 280 g/mol. The van der Waals surface area contributed by atoms with Crippen LogP contribution in [0.3, 0.4) is 0 Å². The van der Waals surface area contributed by atoms with Crippen LogP contribution in [-0.4, -0.2) is 26.3 Å². The number of allylic oxidation sites excluding steroid dienone is 3. The number of hydrogen-bond donors (Lipinski definition) is 1. The van der Waals surface area contributed by atoms with Gasteiger partial charge in [0.05, 0.1) is 26.2 Å². The fourth-order valence-electron chi connectivity index (χ4n) is 2.07. The molecule has 2 rings (SSSR count). The molecule has 0 saturated carbocycles. The van der Waals surface area contributed by atoms with E-state index in [1.807, 2.05) is 43.6 Å². The number of nitrogens with one attached hydrogen (secondary N) is 1. The predicted molar refractivity (Wildman–Crippen MR) is 86.0 cm³/mol. The minimum Gasteiger partial charge on any atom is -0.493 e. The van der Waals surface area contributed by atoms with Gasteiger partial charge in [0.25, 0.3) is 0 Å². The number of nitrogens with zero attached hydrogens (tertiary/aromatic N) is 1. The first-order chi connectivity index (χ1) is 10.8. The average Bonchev–Trinajstić information content (AvgIpc) is 2.73. The number of aromatic nitrogens is 1. The van der Waals surface area contributed by atoms with Gasteiger partial charge in [-0.2, -0.15) is 0 Å². The molecule has 0 radical (unpaired) electrons. The SMILES string of the molecule is CN/C=C\C=C\Oc1ccnc2c1CC=C(OC)C(OC)=C2. The molecule has 1 aliphatic rings. The molecule has 1 heterocycles. The van der Waals surface area contributed by atoms with Crippen molar-refractivity contribution in [1.29, 1.82) is 0 Å². The summed E-state index contributed by atoms with van der Waals surface area (Å²) >= 11 is 0. The molecular formula is C17H20N2O3. The molecule has 0 aromatic carbocycles. The third-order valence-electron chi connectivity index (χ3n) is 3.14. The molecule has 0 atom stereocenters. The summed E-state index contributed by atoms with van der Waals surface area (Å²) < 4.78 is 16.4. The predicted octanol–water partition coefficient (Wildman–Crippen LogP) is 2.78. The van der Waals surface area contributed by atoms with Gasteiger partial charge in [-0.25, -0.2) is 0 Å². The highest BCUT2D eigenvalue weighted by atomic mass is 16.5. The maximum atomic E-state index is 5.70. The van der Waals surface area contributed by atoms with Crippen molar-refractivity contribution in [3.8, 4) is 5.75 Å². The lowest BCUT2D eigenvalue weighted by molar-refractivity contribution is 0.222. The van der Waals surface area contributed by atoms with Gasteiger partial charge in [-0.1, -0.05) is 0 Å². The third kappa shape index (κ3) is 3.69. The molecule has 1 aliphatic carbocycles. The molecule has 1 aromatic heterocycles. The molecule has 1 N–H and O–H groups in total. The fraction of sp³-hybridized carbons (Fsp3) is 0.235. The van der Waals surface area contributed by atoms with Gasteiger partial charge in [-0.15, -0.1) is 0 Å². The summed E-state index contributed by atoms with van der Waals surface area (Å²) in [5, 5.41) is 2.91. The second-order valence-corrected chi connectivity index (χ2v) is 4.46. The monoisotopic (exact) mass is 300 g/mol. The van der Waals surface area contributed by atoms with Gasteiger partial charge < -0.3 is 19.5 Å². The van der Waals surface area contributed by atoms with Crippen molar-refractivity contribution in [3.63, 3.8) is 0 Å². The van der Waals surface area contributed by atoms with Crippen molar-refractivity contribution in [2.75, 3.05) is 21.3 Å². The lowest BCUT2D eigenvalue weighted by Crippen LogP contribution is -1.96. The molecule has 1 aromatic rings. The topological polar surface area (TPSA) is 52.6 Å². The first kappa shape index (κ1) is 15.7. The maximum Gasteiger partial charge on any atom is 0.162 e. The molecule has 0 fully saturated rings. The van der Waals surface area contributed by atoms with Crippen LogP contribution in [0.2, 0.25) is 0 Å². The van der Waals surface area contributed by atoms with E-state index < -0.39 is 0 Å². The molecule has 0 saturated heterocycles. The van der Waals surface area contributed by atoms with Crippen LogP contribution in [0.15, 0.2) is 54.5 Å². The number of methoxy groups -OCH3 is 2. The van der Waals surface area contributed by atoms with Gasteiger partial charge in [0.2, 0.25) is 0 Å². The minimum atomic E-state index is 0.651. The Kier molecular flexibility index (Phi) is 5.65. The van der Waals surface area contributed by atoms with Crippen LogP contribution in [0.1, 0.15) is 11.3 Å². The molecule has 0 amide bonds. The summed E-state index contributed by atoms with van der Waals surface area (Å²) in [4.78, 5) is 4.39. The van der Waals surface area contributed by atoms with Crippen LogP contribution in [0.5, 0.6) is 5.75 Å². The summed E-state index contributed by atoms with van der Waals surface area (Å²) in [7, 11) is 5.07. The Morgan fingerprint density at radius 2 is 2.00 bits per heavy atom. The van der Waals surface area contributed by atoms with Gasteiger partial charge in [-0.3, -0.25) is 4.98 Å². The molecule has 0 aliphatic heterocycles. The zero-order valence-electron chi connectivity index (χ0n) is 13.0. The minimum absolute atomic E-state index is 0.651. The van der Waals surface area contributed by atoms with Crippen molar-refractivity contribution in [1.82, 2.24) is 10.3 Å². The Bertz CT molecular complexity index is 631. The summed E-state index contributed by atoms with van der Waals surface area (Å²) in [5.74, 6) is 2.11. The van der Waals surface area contributed by atoms with Gasteiger partial charge in [0.1, 0.15) is 5.75 Å². The lowest BCUT2D eigenvalue weighted by Gasteiger charge is -2.08. The number of fused-ring (bicyclic) bond motifs is 1. The maximum absolute atomic E-state index is 5.70. The standard InChI is InChI=1S/C17H20N2O3/c1-18-9-4-5-11-22-15-8-10-19-14-12-17(21-3)16(20-2)7-6-13(14)15/h4-5,7-12,18H,6H2,1-3H3/b9-4-,11-5+. The number of hydrogen-bond acceptors (Lipinski definition) is 5. The van der Waals surface area contributed by atoms with Crippen LogP contribution in [0.25, 0.3) is 6.08 Å². The first-order valence-corrected chi connectivity index (χ1v) is 6.93. The quantitative estimate of drug-likeness (QED) is 0.647. The van der Waals surface area contributed by atoms with Crippen molar-refractivity contribution in [2.24, 2.45) is 0 Å². The van der Waals surface area contributed by atoms with Gasteiger partial charge in [0, 0.05) is 31.3 Å². The summed E-state index contributed by atoms with van der Waals surface area (Å²) in [6.07, 6.45) is 13.3. The first-order valence-electron chi connectivity index (χ1n) is 6.93. The van der Waals surface area contributed by atoms with E-state index in [2.05, 4.69) is 10.3 Å². The molecule has 0 unspecified atom stereocenters. The van der Waals surface area contributed by atoms with E-state index in [-0.39, 0.29) is 0 Å². The van der Waals surface area contributed by atoms with Crippen LogP contribution in [-0.2, 0) is 15.9 Å². The highest BCUT2D eigenvalue weighted by Gasteiger charge is 2.16. The third-order valence-corrected chi connectivity index (χ3v) is 3.14. The van der Waals surface area contributed by atoms with E-state index in [4.69, 9.17) is 14.2 Å². The largest absolute Gasteiger partial charge is 0.493 e. The Morgan fingerprint density at radius 1 is 1.18 bits per heavy atom. The summed E-state index contributed by atoms with van der Waals surface area (Å²) in [5.41, 5.74) is 1.81. The van der Waals surface area contributed by atoms with E-state index in [1.165, 1.54) is 0 Å². The second-order valence-electron chi connectivity index (χ2n) is 4.46.